The summed E-state index contributed by atoms with van der Waals surface area (Å²) >= 11 is 0. The lowest BCUT2D eigenvalue weighted by molar-refractivity contribution is -0.0516. The van der Waals surface area contributed by atoms with Gasteiger partial charge in [0.2, 0.25) is 0 Å². The average Bonchev–Trinajstić information content (AvgIpc) is 2.89. The molecule has 3 aromatic rings. The Kier molecular flexibility index (Phi) is 8.76. The molecule has 0 radical (unpaired) electrons. The summed E-state index contributed by atoms with van der Waals surface area (Å²) in [6.45, 7) is 8.18. The van der Waals surface area contributed by atoms with E-state index in [9.17, 15) is 19.0 Å². The zero-order valence-electron chi connectivity index (χ0n) is 22.7. The van der Waals surface area contributed by atoms with E-state index in [4.69, 9.17) is 14.7 Å². The number of anilines is 2. The first kappa shape index (κ1) is 28.4. The number of rotatable bonds is 9. The van der Waals surface area contributed by atoms with Gasteiger partial charge >= 0.3 is 0 Å². The smallest absolute Gasteiger partial charge is 0.174 e. The number of halogens is 2. The van der Waals surface area contributed by atoms with Crippen molar-refractivity contribution in [3.63, 3.8) is 0 Å². The minimum Gasteiger partial charge on any atom is -0.487 e. The zero-order valence-corrected chi connectivity index (χ0v) is 22.7. The Morgan fingerprint density at radius 2 is 1.95 bits per heavy atom. The summed E-state index contributed by atoms with van der Waals surface area (Å²) in [7, 11) is 0. The van der Waals surface area contributed by atoms with E-state index in [2.05, 4.69) is 15.2 Å². The molecule has 1 aliphatic heterocycles. The third kappa shape index (κ3) is 6.88. The molecule has 39 heavy (non-hydrogen) atoms. The first-order valence-electron chi connectivity index (χ1n) is 13.1. The van der Waals surface area contributed by atoms with E-state index < -0.39 is 23.3 Å². The maximum atomic E-state index is 14.1. The summed E-state index contributed by atoms with van der Waals surface area (Å²) in [5, 5.41) is 24.2. The van der Waals surface area contributed by atoms with Crippen LogP contribution in [0.25, 0.3) is 11.0 Å². The molecule has 0 spiro atoms. The van der Waals surface area contributed by atoms with Crippen molar-refractivity contribution in [3.05, 3.63) is 71.7 Å². The Bertz CT molecular complexity index is 1370. The lowest BCUT2D eigenvalue weighted by Gasteiger charge is -2.34. The standard InChI is InChI=1S/C29H35F2N5O3/c1-5-7-19(8-6-2)33-27-28(35-24-17-32-23(16-22(24)34-27)26(37)29(3,4)38)36-13-11-20(12-14-36)39-25-10-9-18(30)15-21(25)31/h5,7-10,15-17,20,26,37-38H,6,11-14H2,1-4H3,(H,33,34)/b7-5-,19-8+. The van der Waals surface area contributed by atoms with Gasteiger partial charge in [0.05, 0.1) is 23.0 Å². The summed E-state index contributed by atoms with van der Waals surface area (Å²) in [5.41, 5.74) is 0.857. The van der Waals surface area contributed by atoms with Crippen molar-refractivity contribution in [1.82, 2.24) is 15.0 Å². The fourth-order valence-electron chi connectivity index (χ4n) is 4.41. The normalized spacial score (nSPS) is 16.2. The Balaban J connectivity index is 1.63. The van der Waals surface area contributed by atoms with Crippen LogP contribution in [0.5, 0.6) is 5.75 Å². The summed E-state index contributed by atoms with van der Waals surface area (Å²) in [6.07, 6.45) is 8.09. The second kappa shape index (κ2) is 12.0. The number of hydrogen-bond donors (Lipinski definition) is 3. The van der Waals surface area contributed by atoms with E-state index in [0.717, 1.165) is 18.2 Å². The average molecular weight is 540 g/mol. The largest absolute Gasteiger partial charge is 0.487 e. The molecule has 208 valence electrons. The predicted molar refractivity (Wildman–Crippen MR) is 148 cm³/mol. The maximum Gasteiger partial charge on any atom is 0.174 e. The Labute approximate surface area is 227 Å². The van der Waals surface area contributed by atoms with Crippen molar-refractivity contribution in [1.29, 1.82) is 0 Å². The number of aromatic nitrogens is 3. The van der Waals surface area contributed by atoms with Crippen LogP contribution in [0.4, 0.5) is 20.4 Å². The number of aliphatic hydroxyl groups excluding tert-OH is 1. The molecular weight excluding hydrogens is 504 g/mol. The topological polar surface area (TPSA) is 104 Å². The summed E-state index contributed by atoms with van der Waals surface area (Å²) in [4.78, 5) is 16.1. The third-order valence-electron chi connectivity index (χ3n) is 6.46. The summed E-state index contributed by atoms with van der Waals surface area (Å²) < 4.78 is 33.2. The summed E-state index contributed by atoms with van der Waals surface area (Å²) in [5.74, 6) is -0.143. The molecule has 1 aliphatic rings. The van der Waals surface area contributed by atoms with Gasteiger partial charge in [-0.1, -0.05) is 19.1 Å². The molecule has 1 saturated heterocycles. The minimum atomic E-state index is -1.37. The van der Waals surface area contributed by atoms with Crippen molar-refractivity contribution >= 4 is 22.7 Å². The van der Waals surface area contributed by atoms with Crippen LogP contribution in [0, 0.1) is 11.6 Å². The minimum absolute atomic E-state index is 0.0403. The Hall–Kier alpha value is -3.63. The monoisotopic (exact) mass is 539 g/mol. The lowest BCUT2D eigenvalue weighted by atomic mass is 9.98. The van der Waals surface area contributed by atoms with Gasteiger partial charge in [-0.3, -0.25) is 4.98 Å². The van der Waals surface area contributed by atoms with Crippen LogP contribution in [0.1, 0.15) is 58.8 Å². The van der Waals surface area contributed by atoms with Crippen molar-refractivity contribution in [2.75, 3.05) is 23.3 Å². The predicted octanol–water partition coefficient (Wildman–Crippen LogP) is 5.44. The van der Waals surface area contributed by atoms with Gasteiger partial charge in [-0.2, -0.15) is 0 Å². The Morgan fingerprint density at radius 3 is 2.59 bits per heavy atom. The zero-order chi connectivity index (χ0) is 28.2. The maximum absolute atomic E-state index is 14.1. The molecule has 3 N–H and O–H groups in total. The van der Waals surface area contributed by atoms with Crippen LogP contribution in [-0.4, -0.2) is 50.0 Å². The second-order valence-corrected chi connectivity index (χ2v) is 10.1. The quantitative estimate of drug-likeness (QED) is 0.309. The van der Waals surface area contributed by atoms with Gasteiger partial charge in [-0.15, -0.1) is 0 Å². The van der Waals surface area contributed by atoms with Crippen molar-refractivity contribution in [2.24, 2.45) is 0 Å². The number of allylic oxidation sites excluding steroid dienone is 3. The van der Waals surface area contributed by atoms with Gasteiger partial charge in [-0.25, -0.2) is 18.7 Å². The van der Waals surface area contributed by atoms with E-state index in [0.29, 0.717) is 54.3 Å². The number of pyridine rings is 1. The van der Waals surface area contributed by atoms with Crippen LogP contribution in [0.15, 0.2) is 54.4 Å². The van der Waals surface area contributed by atoms with Gasteiger partial charge in [-0.05, 0) is 51.5 Å². The number of benzene rings is 1. The third-order valence-corrected chi connectivity index (χ3v) is 6.46. The number of nitrogens with one attached hydrogen (secondary N) is 1. The lowest BCUT2D eigenvalue weighted by Crippen LogP contribution is -2.39. The molecule has 1 atom stereocenters. The highest BCUT2D eigenvalue weighted by Gasteiger charge is 2.29. The van der Waals surface area contributed by atoms with Crippen LogP contribution in [0.2, 0.25) is 0 Å². The van der Waals surface area contributed by atoms with Crippen LogP contribution >= 0.6 is 0 Å². The van der Waals surface area contributed by atoms with Gasteiger partial charge in [0, 0.05) is 37.7 Å². The van der Waals surface area contributed by atoms with Gasteiger partial charge in [0.25, 0.3) is 0 Å². The number of nitrogens with zero attached hydrogens (tertiary/aromatic N) is 4. The highest BCUT2D eigenvalue weighted by molar-refractivity contribution is 5.81. The molecule has 1 fully saturated rings. The molecule has 1 aromatic carbocycles. The first-order valence-corrected chi connectivity index (χ1v) is 13.1. The van der Waals surface area contributed by atoms with Gasteiger partial charge < -0.3 is 25.2 Å². The molecular formula is C29H35F2N5O3. The highest BCUT2D eigenvalue weighted by Crippen LogP contribution is 2.32. The van der Waals surface area contributed by atoms with Crippen LogP contribution in [-0.2, 0) is 0 Å². The number of ether oxygens (including phenoxy) is 1. The van der Waals surface area contributed by atoms with Crippen molar-refractivity contribution < 1.29 is 23.7 Å². The van der Waals surface area contributed by atoms with Crippen molar-refractivity contribution in [3.8, 4) is 5.75 Å². The second-order valence-electron chi connectivity index (χ2n) is 10.1. The molecule has 2 aromatic heterocycles. The number of aliphatic hydroxyl groups is 2. The number of fused-ring (bicyclic) bond motifs is 1. The van der Waals surface area contributed by atoms with Crippen LogP contribution in [0.3, 0.4) is 0 Å². The SMILES string of the molecule is C/C=C\C(=C/CC)Nc1nc2cc(C(O)C(C)(C)O)ncc2nc1N1CCC(Oc2ccc(F)cc2F)CC1. The van der Waals surface area contributed by atoms with E-state index in [1.54, 1.807) is 12.3 Å². The molecule has 8 nitrogen and oxygen atoms in total. The molecule has 0 amide bonds. The first-order chi connectivity index (χ1) is 18.6. The molecule has 0 aliphatic carbocycles. The fraction of sp³-hybridized carbons (Fsp3) is 0.414. The molecule has 4 rings (SSSR count). The van der Waals surface area contributed by atoms with Gasteiger partial charge in [0.15, 0.2) is 23.2 Å². The molecule has 10 heteroatoms. The summed E-state index contributed by atoms with van der Waals surface area (Å²) in [6, 6.07) is 4.95. The fourth-order valence-corrected chi connectivity index (χ4v) is 4.41. The molecule has 0 bridgehead atoms. The van der Waals surface area contributed by atoms with Gasteiger partial charge in [0.1, 0.15) is 23.5 Å². The van der Waals surface area contributed by atoms with E-state index in [1.807, 2.05) is 32.1 Å². The van der Waals surface area contributed by atoms with E-state index in [1.165, 1.54) is 26.0 Å². The molecule has 0 saturated carbocycles. The highest BCUT2D eigenvalue weighted by atomic mass is 19.1. The Morgan fingerprint density at radius 1 is 1.21 bits per heavy atom. The number of piperidine rings is 1. The van der Waals surface area contributed by atoms with Crippen molar-refractivity contribution in [2.45, 2.75) is 64.8 Å². The number of hydrogen-bond acceptors (Lipinski definition) is 8. The van der Waals surface area contributed by atoms with E-state index in [-0.39, 0.29) is 11.9 Å². The molecule has 1 unspecified atom stereocenters. The van der Waals surface area contributed by atoms with Crippen LogP contribution < -0.4 is 15.0 Å². The molecule has 3 heterocycles. The van der Waals surface area contributed by atoms with E-state index >= 15 is 0 Å².